The summed E-state index contributed by atoms with van der Waals surface area (Å²) in [5, 5.41) is 10.6. The molecular weight excluding hydrogens is 1380 g/mol. The topological polar surface area (TPSA) is 237 Å². The molecule has 0 aromatic carbocycles. The van der Waals surface area contributed by atoms with Crippen LogP contribution in [0.4, 0.5) is 0 Å². The summed E-state index contributed by atoms with van der Waals surface area (Å²) in [5.74, 6) is -2.36. The molecule has 19 heteroatoms. The van der Waals surface area contributed by atoms with Crippen LogP contribution in [0.25, 0.3) is 0 Å². The van der Waals surface area contributed by atoms with E-state index in [1.807, 2.05) is 30.4 Å². The average Bonchev–Trinajstić information content (AvgIpc) is 0.902. The summed E-state index contributed by atoms with van der Waals surface area (Å²) in [6, 6.07) is 0. The van der Waals surface area contributed by atoms with Crippen molar-refractivity contribution in [2.24, 2.45) is 0 Å². The lowest BCUT2D eigenvalue weighted by molar-refractivity contribution is -0.161. The number of hydrogen-bond acceptors (Lipinski definition) is 15. The highest BCUT2D eigenvalue weighted by Gasteiger charge is 2.30. The Morgan fingerprint density at radius 3 is 0.877 bits per heavy atom. The predicted molar refractivity (Wildman–Crippen MR) is 436 cm³/mol. The SMILES string of the molecule is CC/C=C\C/C=C\C/C=C\C/C=C\C/C=C\C/C=C\CCC(=O)O[C@H](COC(=O)CCC/C=C\C/C=C\C/C=C\C/C=C\CCCCC)COP(=O)(O)OC[C@@H](O)COP(=O)(O)OC[C@@H](COC(=O)CCCCCCC/C=C\CCCCCCCC)OC(=O)CCCCCCC/C=C\CCCCCCCC. The standard InChI is InChI=1S/C87H146O17P2/c1-5-9-13-17-21-25-29-33-37-39-40-42-46-50-54-58-62-66-70-74-87(92)104-83(78-98-85(90)72-68-64-60-56-52-48-45-41-38-34-30-26-22-18-14-10-6-2)80-102-106(95,96)100-76-81(88)75-99-105(93,94)101-79-82(103-86(91)73-69-65-61-57-53-49-44-36-32-28-24-20-16-12-8-4)77-97-84(89)71-67-63-59-55-51-47-43-35-31-27-23-19-15-11-7-3/h9,13,21-22,25-26,33-38,40,42-45,48,50,54,56,60,62,66,81-83,88H,5-8,10-12,14-20,23-24,27-32,39,41,46-47,49,51-53,55,57-59,61,63-65,67-80H2,1-4H3,(H,93,94)(H,95,96)/b13-9-,25-21-,26-22-,37-33-,38-34-,42-40-,43-35-,44-36-,48-45-,54-50-,60-56-,66-62-/t81-,82+,83+/m0/s1. The highest BCUT2D eigenvalue weighted by Crippen LogP contribution is 2.45. The summed E-state index contributed by atoms with van der Waals surface area (Å²) in [6.45, 7) is 4.57. The first-order valence-corrected chi connectivity index (χ1v) is 44.1. The van der Waals surface area contributed by atoms with Gasteiger partial charge in [-0.15, -0.1) is 0 Å². The summed E-state index contributed by atoms with van der Waals surface area (Å²) >= 11 is 0. The number of unbranched alkanes of at least 4 members (excludes halogenated alkanes) is 26. The van der Waals surface area contributed by atoms with Crippen molar-refractivity contribution < 1.29 is 80.2 Å². The summed E-state index contributed by atoms with van der Waals surface area (Å²) in [5.41, 5.74) is 0. The third-order valence-electron chi connectivity index (χ3n) is 16.8. The van der Waals surface area contributed by atoms with Crippen LogP contribution in [0.3, 0.4) is 0 Å². The van der Waals surface area contributed by atoms with Crippen molar-refractivity contribution in [2.75, 3.05) is 39.6 Å². The second kappa shape index (κ2) is 78.1. The number of carbonyl (C=O) groups is 4. The van der Waals surface area contributed by atoms with Gasteiger partial charge in [0.2, 0.25) is 0 Å². The fraction of sp³-hybridized carbons (Fsp3) is 0.678. The number of allylic oxidation sites excluding steroid dienone is 24. The van der Waals surface area contributed by atoms with Crippen LogP contribution in [-0.2, 0) is 65.4 Å². The molecule has 0 fully saturated rings. The largest absolute Gasteiger partial charge is 0.472 e. The van der Waals surface area contributed by atoms with E-state index < -0.39 is 97.5 Å². The van der Waals surface area contributed by atoms with Crippen molar-refractivity contribution in [1.82, 2.24) is 0 Å². The summed E-state index contributed by atoms with van der Waals surface area (Å²) in [6.07, 6.45) is 89.9. The Hall–Kier alpha value is -5.06. The minimum absolute atomic E-state index is 0.0463. The van der Waals surface area contributed by atoms with Crippen molar-refractivity contribution >= 4 is 39.5 Å². The zero-order chi connectivity index (χ0) is 77.4. The molecular formula is C87H146O17P2. The molecule has 0 aromatic rings. The number of esters is 4. The fourth-order valence-electron chi connectivity index (χ4n) is 10.5. The molecule has 0 radical (unpaired) electrons. The molecule has 5 atom stereocenters. The number of ether oxygens (including phenoxy) is 4. The van der Waals surface area contributed by atoms with Gasteiger partial charge in [0.25, 0.3) is 0 Å². The molecule has 106 heavy (non-hydrogen) atoms. The van der Waals surface area contributed by atoms with E-state index in [1.54, 1.807) is 0 Å². The summed E-state index contributed by atoms with van der Waals surface area (Å²) in [7, 11) is -10.0. The molecule has 3 N–H and O–H groups in total. The third kappa shape index (κ3) is 77.1. The van der Waals surface area contributed by atoms with Crippen LogP contribution >= 0.6 is 15.6 Å². The Labute approximate surface area is 643 Å². The van der Waals surface area contributed by atoms with Crippen LogP contribution in [0, 0.1) is 0 Å². The molecule has 2 unspecified atom stereocenters. The Morgan fingerprint density at radius 2 is 0.519 bits per heavy atom. The van der Waals surface area contributed by atoms with Gasteiger partial charge in [0.1, 0.15) is 19.3 Å². The van der Waals surface area contributed by atoms with Crippen LogP contribution < -0.4 is 0 Å². The second-order valence-electron chi connectivity index (χ2n) is 27.0. The number of aliphatic hydroxyl groups excluding tert-OH is 1. The van der Waals surface area contributed by atoms with Crippen LogP contribution in [0.2, 0.25) is 0 Å². The quantitative estimate of drug-likeness (QED) is 0.0169. The van der Waals surface area contributed by atoms with Gasteiger partial charge in [-0.2, -0.15) is 0 Å². The third-order valence-corrected chi connectivity index (χ3v) is 18.7. The maximum atomic E-state index is 13.1. The van der Waals surface area contributed by atoms with Gasteiger partial charge in [0, 0.05) is 25.7 Å². The van der Waals surface area contributed by atoms with E-state index in [0.717, 1.165) is 135 Å². The summed E-state index contributed by atoms with van der Waals surface area (Å²) < 4.78 is 68.5. The van der Waals surface area contributed by atoms with E-state index >= 15 is 0 Å². The molecule has 0 saturated heterocycles. The zero-order valence-corrected chi connectivity index (χ0v) is 68.1. The van der Waals surface area contributed by atoms with Crippen LogP contribution in [0.5, 0.6) is 0 Å². The molecule has 0 aliphatic rings. The molecule has 0 amide bonds. The number of rotatable bonds is 76. The monoisotopic (exact) mass is 1530 g/mol. The van der Waals surface area contributed by atoms with Crippen molar-refractivity contribution in [2.45, 2.75) is 341 Å². The molecule has 0 rings (SSSR count). The smallest absolute Gasteiger partial charge is 0.462 e. The van der Waals surface area contributed by atoms with E-state index in [-0.39, 0.29) is 25.7 Å². The van der Waals surface area contributed by atoms with Crippen molar-refractivity contribution in [1.29, 1.82) is 0 Å². The van der Waals surface area contributed by atoms with E-state index in [2.05, 4.69) is 143 Å². The minimum atomic E-state index is -5.02. The first kappa shape index (κ1) is 101. The molecule has 0 heterocycles. The van der Waals surface area contributed by atoms with Gasteiger partial charge < -0.3 is 33.8 Å². The van der Waals surface area contributed by atoms with Gasteiger partial charge >= 0.3 is 39.5 Å². The van der Waals surface area contributed by atoms with Gasteiger partial charge in [0.15, 0.2) is 12.2 Å². The lowest BCUT2D eigenvalue weighted by atomic mass is 10.1. The molecule has 0 spiro atoms. The van der Waals surface area contributed by atoms with E-state index in [1.165, 1.54) is 96.3 Å². The highest BCUT2D eigenvalue weighted by molar-refractivity contribution is 7.47. The van der Waals surface area contributed by atoms with Crippen molar-refractivity contribution in [3.63, 3.8) is 0 Å². The van der Waals surface area contributed by atoms with E-state index in [9.17, 15) is 43.2 Å². The molecule has 0 aromatic heterocycles. The number of aliphatic hydroxyl groups is 1. The van der Waals surface area contributed by atoms with Gasteiger partial charge in [-0.25, -0.2) is 9.13 Å². The summed E-state index contributed by atoms with van der Waals surface area (Å²) in [4.78, 5) is 73.0. The molecule has 0 aliphatic carbocycles. The highest BCUT2D eigenvalue weighted by atomic mass is 31.2. The molecule has 0 aliphatic heterocycles. The number of phosphoric ester groups is 2. The Kier molecular flexibility index (Phi) is 74.3. The lowest BCUT2D eigenvalue weighted by Gasteiger charge is -2.21. The minimum Gasteiger partial charge on any atom is -0.462 e. The van der Waals surface area contributed by atoms with E-state index in [4.69, 9.17) is 37.0 Å². The van der Waals surface area contributed by atoms with Crippen LogP contribution in [0.15, 0.2) is 146 Å². The molecule has 606 valence electrons. The Bertz CT molecular complexity index is 2580. The van der Waals surface area contributed by atoms with Gasteiger partial charge in [-0.1, -0.05) is 289 Å². The normalized spacial score (nSPS) is 14.6. The maximum absolute atomic E-state index is 13.1. The van der Waals surface area contributed by atoms with Gasteiger partial charge in [-0.05, 0) is 154 Å². The number of phosphoric acid groups is 2. The average molecular weight is 1530 g/mol. The van der Waals surface area contributed by atoms with Gasteiger partial charge in [0.05, 0.1) is 26.4 Å². The van der Waals surface area contributed by atoms with Crippen molar-refractivity contribution in [3.05, 3.63) is 146 Å². The first-order valence-electron chi connectivity index (χ1n) is 41.1. The predicted octanol–water partition coefficient (Wildman–Crippen LogP) is 24.2. The van der Waals surface area contributed by atoms with Crippen LogP contribution in [0.1, 0.15) is 323 Å². The Morgan fingerprint density at radius 1 is 0.274 bits per heavy atom. The maximum Gasteiger partial charge on any atom is 0.472 e. The fourth-order valence-corrected chi connectivity index (χ4v) is 12.1. The first-order chi connectivity index (χ1) is 51.7. The Balaban J connectivity index is 5.51. The second-order valence-corrected chi connectivity index (χ2v) is 29.9. The molecule has 0 saturated carbocycles. The lowest BCUT2D eigenvalue weighted by Crippen LogP contribution is -2.30. The van der Waals surface area contributed by atoms with Crippen molar-refractivity contribution in [3.8, 4) is 0 Å². The molecule has 17 nitrogen and oxygen atoms in total. The zero-order valence-electron chi connectivity index (χ0n) is 66.3. The van der Waals surface area contributed by atoms with Gasteiger partial charge in [-0.3, -0.25) is 37.3 Å². The molecule has 0 bridgehead atoms. The number of hydrogen-bond donors (Lipinski definition) is 3. The van der Waals surface area contributed by atoms with E-state index in [0.29, 0.717) is 38.5 Å². The van der Waals surface area contributed by atoms with Crippen LogP contribution in [-0.4, -0.2) is 96.7 Å². The number of carbonyl (C=O) groups excluding carboxylic acids is 4.